The lowest BCUT2D eigenvalue weighted by molar-refractivity contribution is 0.285. The number of nitrogens with two attached hydrogens (primary N) is 1. The van der Waals surface area contributed by atoms with Gasteiger partial charge in [-0.3, -0.25) is 4.98 Å². The van der Waals surface area contributed by atoms with Crippen LogP contribution >= 0.6 is 0 Å². The molecule has 0 spiro atoms. The van der Waals surface area contributed by atoms with Gasteiger partial charge in [0, 0.05) is 12.2 Å². The molecule has 1 heterocycles. The van der Waals surface area contributed by atoms with Gasteiger partial charge in [-0.15, -0.1) is 0 Å². The van der Waals surface area contributed by atoms with Crippen molar-refractivity contribution in [3.8, 4) is 5.75 Å². The average molecular weight is 246 g/mol. The van der Waals surface area contributed by atoms with Crippen LogP contribution in [-0.4, -0.2) is 4.98 Å². The quantitative estimate of drug-likeness (QED) is 0.902. The van der Waals surface area contributed by atoms with Crippen molar-refractivity contribution in [2.45, 2.75) is 19.6 Å². The third kappa shape index (κ3) is 3.05. The summed E-state index contributed by atoms with van der Waals surface area (Å²) in [6, 6.07) is 10.1. The lowest BCUT2D eigenvalue weighted by Gasteiger charge is -2.10. The number of hydrogen-bond acceptors (Lipinski definition) is 3. The monoisotopic (exact) mass is 246 g/mol. The van der Waals surface area contributed by atoms with Crippen molar-refractivity contribution in [2.24, 2.45) is 5.73 Å². The van der Waals surface area contributed by atoms with E-state index in [4.69, 9.17) is 10.5 Å². The molecule has 0 saturated carbocycles. The van der Waals surface area contributed by atoms with E-state index < -0.39 is 5.82 Å². The van der Waals surface area contributed by atoms with E-state index in [-0.39, 0.29) is 18.4 Å². The fourth-order valence-electron chi connectivity index (χ4n) is 1.55. The molecule has 0 unspecified atom stereocenters. The van der Waals surface area contributed by atoms with E-state index in [0.717, 1.165) is 11.3 Å². The summed E-state index contributed by atoms with van der Waals surface area (Å²) < 4.78 is 19.1. The molecular formula is C14H15FN2O. The van der Waals surface area contributed by atoms with Gasteiger partial charge in [-0.1, -0.05) is 12.1 Å². The first-order valence-electron chi connectivity index (χ1n) is 5.74. The third-order valence-corrected chi connectivity index (χ3v) is 2.58. The van der Waals surface area contributed by atoms with E-state index in [1.54, 1.807) is 18.3 Å². The second-order valence-corrected chi connectivity index (χ2v) is 4.09. The number of rotatable bonds is 4. The van der Waals surface area contributed by atoms with Crippen LogP contribution in [-0.2, 0) is 6.61 Å². The maximum atomic E-state index is 13.7. The lowest BCUT2D eigenvalue weighted by Crippen LogP contribution is -2.06. The van der Waals surface area contributed by atoms with Gasteiger partial charge in [0.2, 0.25) is 0 Å². The van der Waals surface area contributed by atoms with Crippen LogP contribution < -0.4 is 10.5 Å². The zero-order valence-electron chi connectivity index (χ0n) is 10.1. The van der Waals surface area contributed by atoms with Crippen molar-refractivity contribution in [1.82, 2.24) is 4.98 Å². The number of hydrogen-bond donors (Lipinski definition) is 1. The van der Waals surface area contributed by atoms with Crippen molar-refractivity contribution >= 4 is 0 Å². The second kappa shape index (κ2) is 5.60. The normalized spacial score (nSPS) is 12.2. The predicted molar refractivity (Wildman–Crippen MR) is 67.6 cm³/mol. The van der Waals surface area contributed by atoms with E-state index in [1.807, 2.05) is 25.1 Å². The van der Waals surface area contributed by atoms with Gasteiger partial charge in [0.05, 0.1) is 5.69 Å². The Kier molecular flexibility index (Phi) is 3.89. The second-order valence-electron chi connectivity index (χ2n) is 4.09. The van der Waals surface area contributed by atoms with Gasteiger partial charge in [-0.25, -0.2) is 4.39 Å². The molecule has 2 N–H and O–H groups in total. The largest absolute Gasteiger partial charge is 0.484 e. The summed E-state index contributed by atoms with van der Waals surface area (Å²) in [5.74, 6) is -0.189. The van der Waals surface area contributed by atoms with E-state index in [1.165, 1.54) is 6.07 Å². The summed E-state index contributed by atoms with van der Waals surface area (Å²) in [6.45, 7) is 2.05. The van der Waals surface area contributed by atoms with Crippen LogP contribution in [0.15, 0.2) is 42.6 Å². The summed E-state index contributed by atoms with van der Waals surface area (Å²) >= 11 is 0. The minimum Gasteiger partial charge on any atom is -0.484 e. The van der Waals surface area contributed by atoms with Crippen molar-refractivity contribution in [3.63, 3.8) is 0 Å². The summed E-state index contributed by atoms with van der Waals surface area (Å²) in [5.41, 5.74) is 7.19. The number of aromatic nitrogens is 1. The predicted octanol–water partition coefficient (Wildman–Crippen LogP) is 2.82. The molecule has 1 atom stereocenters. The molecule has 94 valence electrons. The maximum Gasteiger partial charge on any atom is 0.165 e. The molecule has 2 aromatic rings. The van der Waals surface area contributed by atoms with E-state index in [9.17, 15) is 4.39 Å². The number of halogens is 1. The molecule has 0 amide bonds. The standard InChI is InChI=1S/C14H15FN2O/c1-10(16)11-5-6-14(13(15)8-11)18-9-12-4-2-3-7-17-12/h2-8,10H,9,16H2,1H3/t10-/m1/s1. The molecule has 4 heteroatoms. The molecule has 1 aromatic carbocycles. The van der Waals surface area contributed by atoms with Gasteiger partial charge in [0.25, 0.3) is 0 Å². The Balaban J connectivity index is 2.06. The zero-order chi connectivity index (χ0) is 13.0. The Morgan fingerprint density at radius 3 is 2.78 bits per heavy atom. The first kappa shape index (κ1) is 12.5. The Morgan fingerprint density at radius 2 is 2.17 bits per heavy atom. The molecule has 0 bridgehead atoms. The van der Waals surface area contributed by atoms with Crippen LogP contribution in [0.25, 0.3) is 0 Å². The molecule has 2 rings (SSSR count). The molecule has 0 aliphatic heterocycles. The highest BCUT2D eigenvalue weighted by Gasteiger charge is 2.07. The molecule has 3 nitrogen and oxygen atoms in total. The Labute approximate surface area is 105 Å². The Morgan fingerprint density at radius 1 is 1.33 bits per heavy atom. The fourth-order valence-corrected chi connectivity index (χ4v) is 1.55. The SMILES string of the molecule is C[C@@H](N)c1ccc(OCc2ccccn2)c(F)c1. The van der Waals surface area contributed by atoms with Gasteiger partial charge in [-0.05, 0) is 36.8 Å². The smallest absolute Gasteiger partial charge is 0.165 e. The molecule has 0 radical (unpaired) electrons. The summed E-state index contributed by atoms with van der Waals surface area (Å²) in [4.78, 5) is 4.10. The van der Waals surface area contributed by atoms with Crippen molar-refractivity contribution < 1.29 is 9.13 Å². The van der Waals surface area contributed by atoms with Gasteiger partial charge in [0.1, 0.15) is 6.61 Å². The van der Waals surface area contributed by atoms with Crippen molar-refractivity contribution in [1.29, 1.82) is 0 Å². The van der Waals surface area contributed by atoms with E-state index in [2.05, 4.69) is 4.98 Å². The third-order valence-electron chi connectivity index (χ3n) is 2.58. The fraction of sp³-hybridized carbons (Fsp3) is 0.214. The van der Waals surface area contributed by atoms with Crippen molar-refractivity contribution in [3.05, 3.63) is 59.7 Å². The molecule has 0 fully saturated rings. The number of benzene rings is 1. The summed E-state index contributed by atoms with van der Waals surface area (Å²) in [6.07, 6.45) is 1.67. The number of ether oxygens (including phenoxy) is 1. The van der Waals surface area contributed by atoms with Crippen LogP contribution in [0, 0.1) is 5.82 Å². The number of pyridine rings is 1. The highest BCUT2D eigenvalue weighted by atomic mass is 19.1. The van der Waals surface area contributed by atoms with Gasteiger partial charge in [-0.2, -0.15) is 0 Å². The van der Waals surface area contributed by atoms with Crippen LogP contribution in [0.3, 0.4) is 0 Å². The summed E-state index contributed by atoms with van der Waals surface area (Å²) in [5, 5.41) is 0. The summed E-state index contributed by atoms with van der Waals surface area (Å²) in [7, 11) is 0. The molecule has 1 aromatic heterocycles. The highest BCUT2D eigenvalue weighted by molar-refractivity contribution is 5.30. The van der Waals surface area contributed by atoms with Crippen LogP contribution in [0.1, 0.15) is 24.2 Å². The van der Waals surface area contributed by atoms with Gasteiger partial charge in [0.15, 0.2) is 11.6 Å². The Hall–Kier alpha value is -1.94. The molecule has 18 heavy (non-hydrogen) atoms. The average Bonchev–Trinajstić information content (AvgIpc) is 2.38. The Bertz CT molecular complexity index is 514. The first-order valence-corrected chi connectivity index (χ1v) is 5.74. The highest BCUT2D eigenvalue weighted by Crippen LogP contribution is 2.21. The van der Waals surface area contributed by atoms with Crippen LogP contribution in [0.4, 0.5) is 4.39 Å². The van der Waals surface area contributed by atoms with E-state index >= 15 is 0 Å². The van der Waals surface area contributed by atoms with E-state index in [0.29, 0.717) is 0 Å². The lowest BCUT2D eigenvalue weighted by atomic mass is 10.1. The zero-order valence-corrected chi connectivity index (χ0v) is 10.1. The molecule has 0 aliphatic rings. The first-order chi connectivity index (χ1) is 8.66. The van der Waals surface area contributed by atoms with Gasteiger partial charge >= 0.3 is 0 Å². The van der Waals surface area contributed by atoms with Crippen LogP contribution in [0.2, 0.25) is 0 Å². The van der Waals surface area contributed by atoms with Crippen LogP contribution in [0.5, 0.6) is 5.75 Å². The number of nitrogens with zero attached hydrogens (tertiary/aromatic N) is 1. The molecule has 0 saturated heterocycles. The minimum absolute atomic E-state index is 0.190. The molecule has 0 aliphatic carbocycles. The topological polar surface area (TPSA) is 48.1 Å². The van der Waals surface area contributed by atoms with Crippen molar-refractivity contribution in [2.75, 3.05) is 0 Å². The van der Waals surface area contributed by atoms with Gasteiger partial charge < -0.3 is 10.5 Å². The molecular weight excluding hydrogens is 231 g/mol. The maximum absolute atomic E-state index is 13.7. The minimum atomic E-state index is -0.402.